The number of anilines is 1. The van der Waals surface area contributed by atoms with Crippen LogP contribution in [0, 0.1) is 0 Å². The lowest BCUT2D eigenvalue weighted by atomic mass is 10.1. The number of ether oxygens (including phenoxy) is 3. The number of benzene rings is 2. The van der Waals surface area contributed by atoms with E-state index in [9.17, 15) is 19.2 Å². The fourth-order valence-electron chi connectivity index (χ4n) is 2.69. The summed E-state index contributed by atoms with van der Waals surface area (Å²) < 4.78 is 19.6. The van der Waals surface area contributed by atoms with Crippen molar-refractivity contribution in [2.75, 3.05) is 26.1 Å². The number of esters is 3. The van der Waals surface area contributed by atoms with Crippen LogP contribution in [0.15, 0.2) is 46.9 Å². The molecule has 2 aromatic carbocycles. The van der Waals surface area contributed by atoms with E-state index >= 15 is 0 Å². The molecule has 3 rings (SSSR count). The van der Waals surface area contributed by atoms with Crippen LogP contribution in [-0.4, -0.2) is 44.6 Å². The predicted octanol–water partition coefficient (Wildman–Crippen LogP) is 3.45. The minimum Gasteiger partial charge on any atom is -0.465 e. The van der Waals surface area contributed by atoms with E-state index in [1.54, 1.807) is 18.2 Å². The van der Waals surface area contributed by atoms with Crippen LogP contribution >= 0.6 is 11.6 Å². The predicted molar refractivity (Wildman–Crippen MR) is 109 cm³/mol. The van der Waals surface area contributed by atoms with Crippen molar-refractivity contribution in [1.29, 1.82) is 0 Å². The largest absolute Gasteiger partial charge is 0.465 e. The van der Waals surface area contributed by atoms with Gasteiger partial charge in [0.2, 0.25) is 5.76 Å². The minimum absolute atomic E-state index is 0.0265. The average molecular weight is 446 g/mol. The maximum absolute atomic E-state index is 12.2. The first-order chi connectivity index (χ1) is 14.8. The van der Waals surface area contributed by atoms with Crippen LogP contribution in [0.3, 0.4) is 0 Å². The summed E-state index contributed by atoms with van der Waals surface area (Å²) in [5, 5.41) is 3.53. The van der Waals surface area contributed by atoms with E-state index in [0.717, 1.165) is 0 Å². The molecule has 0 spiro atoms. The highest BCUT2D eigenvalue weighted by molar-refractivity contribution is 6.31. The Morgan fingerprint density at radius 2 is 1.55 bits per heavy atom. The molecule has 160 valence electrons. The highest BCUT2D eigenvalue weighted by Crippen LogP contribution is 2.23. The molecule has 0 atom stereocenters. The molecular weight excluding hydrogens is 430 g/mol. The van der Waals surface area contributed by atoms with E-state index in [1.807, 2.05) is 0 Å². The van der Waals surface area contributed by atoms with Crippen molar-refractivity contribution in [1.82, 2.24) is 0 Å². The van der Waals surface area contributed by atoms with E-state index in [0.29, 0.717) is 16.0 Å². The smallest absolute Gasteiger partial charge is 0.374 e. The van der Waals surface area contributed by atoms with Crippen LogP contribution in [0.1, 0.15) is 31.3 Å². The number of hydrogen-bond acceptors (Lipinski definition) is 8. The number of hydrogen-bond donors (Lipinski definition) is 1. The summed E-state index contributed by atoms with van der Waals surface area (Å²) in [5.41, 5.74) is 0.607. The third kappa shape index (κ3) is 5.20. The van der Waals surface area contributed by atoms with Crippen molar-refractivity contribution in [3.05, 3.63) is 64.4 Å². The van der Waals surface area contributed by atoms with Gasteiger partial charge in [0.05, 0.1) is 25.3 Å². The number of fused-ring (bicyclic) bond motifs is 1. The number of methoxy groups -OCH3 is 2. The van der Waals surface area contributed by atoms with E-state index in [4.69, 9.17) is 20.8 Å². The SMILES string of the molecule is COC(=O)c1cc(NC(=O)COC(=O)c2cc3cc(Cl)ccc3o2)cc(C(=O)OC)c1. The van der Waals surface area contributed by atoms with Gasteiger partial charge in [0.1, 0.15) is 5.58 Å². The van der Waals surface area contributed by atoms with Crippen molar-refractivity contribution < 1.29 is 37.8 Å². The van der Waals surface area contributed by atoms with Crippen molar-refractivity contribution in [2.45, 2.75) is 0 Å². The molecule has 1 heterocycles. The Balaban J connectivity index is 1.68. The molecule has 0 saturated carbocycles. The lowest BCUT2D eigenvalue weighted by Gasteiger charge is -2.09. The second-order valence-electron chi connectivity index (χ2n) is 6.20. The van der Waals surface area contributed by atoms with Crippen LogP contribution in [0.5, 0.6) is 0 Å². The Hall–Kier alpha value is -3.85. The molecule has 1 N–H and O–H groups in total. The first-order valence-corrected chi connectivity index (χ1v) is 9.16. The molecule has 1 aromatic heterocycles. The van der Waals surface area contributed by atoms with Crippen LogP contribution in [0.4, 0.5) is 5.69 Å². The summed E-state index contributed by atoms with van der Waals surface area (Å²) in [6.07, 6.45) is 0. The summed E-state index contributed by atoms with van der Waals surface area (Å²) in [6, 6.07) is 10.2. The fourth-order valence-corrected chi connectivity index (χ4v) is 2.87. The van der Waals surface area contributed by atoms with Crippen LogP contribution in [0.2, 0.25) is 5.02 Å². The number of halogens is 1. The van der Waals surface area contributed by atoms with Gasteiger partial charge in [-0.05, 0) is 42.5 Å². The Labute approximate surface area is 180 Å². The average Bonchev–Trinajstić information content (AvgIpc) is 3.19. The Morgan fingerprint density at radius 3 is 2.16 bits per heavy atom. The van der Waals surface area contributed by atoms with Gasteiger partial charge in [-0.15, -0.1) is 0 Å². The van der Waals surface area contributed by atoms with Gasteiger partial charge in [0, 0.05) is 16.1 Å². The van der Waals surface area contributed by atoms with Gasteiger partial charge >= 0.3 is 17.9 Å². The van der Waals surface area contributed by atoms with Gasteiger partial charge in [0.25, 0.3) is 5.91 Å². The summed E-state index contributed by atoms with van der Waals surface area (Å²) in [6.45, 7) is -0.632. The molecule has 0 aliphatic rings. The lowest BCUT2D eigenvalue weighted by Crippen LogP contribution is -2.21. The van der Waals surface area contributed by atoms with Gasteiger partial charge in [-0.3, -0.25) is 4.79 Å². The maximum Gasteiger partial charge on any atom is 0.374 e. The van der Waals surface area contributed by atoms with Crippen LogP contribution < -0.4 is 5.32 Å². The Morgan fingerprint density at radius 1 is 0.903 bits per heavy atom. The molecule has 0 bridgehead atoms. The molecule has 10 heteroatoms. The van der Waals surface area contributed by atoms with Gasteiger partial charge in [-0.1, -0.05) is 11.6 Å². The van der Waals surface area contributed by atoms with E-state index in [2.05, 4.69) is 14.8 Å². The fraction of sp³-hybridized carbons (Fsp3) is 0.143. The van der Waals surface area contributed by atoms with Crippen LogP contribution in [-0.2, 0) is 19.0 Å². The first kappa shape index (κ1) is 21.8. The van der Waals surface area contributed by atoms with Gasteiger partial charge in [-0.2, -0.15) is 0 Å². The zero-order valence-electron chi connectivity index (χ0n) is 16.4. The van der Waals surface area contributed by atoms with E-state index < -0.39 is 30.4 Å². The summed E-state index contributed by atoms with van der Waals surface area (Å²) >= 11 is 5.90. The third-order valence-corrected chi connectivity index (χ3v) is 4.31. The quantitative estimate of drug-likeness (QED) is 0.452. The molecular formula is C21H16ClNO8. The Kier molecular flexibility index (Phi) is 6.56. The monoisotopic (exact) mass is 445 g/mol. The number of carbonyl (C=O) groups is 4. The van der Waals surface area contributed by atoms with Gasteiger partial charge < -0.3 is 23.9 Å². The molecule has 31 heavy (non-hydrogen) atoms. The maximum atomic E-state index is 12.2. The Bertz CT molecular complexity index is 1150. The van der Waals surface area contributed by atoms with Crippen molar-refractivity contribution in [2.24, 2.45) is 0 Å². The number of amides is 1. The molecule has 0 unspecified atom stereocenters. The molecule has 0 saturated heterocycles. The van der Waals surface area contributed by atoms with Crippen molar-refractivity contribution in [3.8, 4) is 0 Å². The van der Waals surface area contributed by atoms with Crippen molar-refractivity contribution >= 4 is 52.1 Å². The third-order valence-electron chi connectivity index (χ3n) is 4.07. The molecule has 0 fully saturated rings. The number of nitrogens with one attached hydrogen (secondary N) is 1. The summed E-state index contributed by atoms with van der Waals surface area (Å²) in [4.78, 5) is 48.0. The van der Waals surface area contributed by atoms with Crippen LogP contribution in [0.25, 0.3) is 11.0 Å². The normalized spacial score (nSPS) is 10.4. The van der Waals surface area contributed by atoms with E-state index in [-0.39, 0.29) is 22.6 Å². The zero-order chi connectivity index (χ0) is 22.5. The minimum atomic E-state index is -0.846. The lowest BCUT2D eigenvalue weighted by molar-refractivity contribution is -0.119. The second-order valence-corrected chi connectivity index (χ2v) is 6.64. The first-order valence-electron chi connectivity index (χ1n) is 8.78. The summed E-state index contributed by atoms with van der Waals surface area (Å²) in [5.74, 6) is -3.06. The molecule has 0 aliphatic carbocycles. The number of furan rings is 1. The second kappa shape index (κ2) is 9.31. The zero-order valence-corrected chi connectivity index (χ0v) is 17.1. The molecule has 0 aliphatic heterocycles. The topological polar surface area (TPSA) is 121 Å². The number of carbonyl (C=O) groups excluding carboxylic acids is 4. The van der Waals surface area contributed by atoms with Gasteiger partial charge in [0.15, 0.2) is 6.61 Å². The van der Waals surface area contributed by atoms with Gasteiger partial charge in [-0.25, -0.2) is 14.4 Å². The van der Waals surface area contributed by atoms with E-state index in [1.165, 1.54) is 38.5 Å². The summed E-state index contributed by atoms with van der Waals surface area (Å²) in [7, 11) is 2.35. The number of rotatable bonds is 6. The molecule has 9 nitrogen and oxygen atoms in total. The highest BCUT2D eigenvalue weighted by Gasteiger charge is 2.18. The highest BCUT2D eigenvalue weighted by atomic mass is 35.5. The molecule has 3 aromatic rings. The molecule has 0 radical (unpaired) electrons. The molecule has 1 amide bonds. The standard InChI is InChI=1S/C21H16ClNO8/c1-28-19(25)12-5-13(20(26)29-2)8-15(7-12)23-18(24)10-30-21(27)17-9-11-6-14(22)3-4-16(11)31-17/h3-9H,10H2,1-2H3,(H,23,24). The van der Waals surface area contributed by atoms with Crippen molar-refractivity contribution in [3.63, 3.8) is 0 Å².